The van der Waals surface area contributed by atoms with Gasteiger partial charge in [0.15, 0.2) is 5.84 Å². The van der Waals surface area contributed by atoms with E-state index in [2.05, 4.69) is 52.2 Å². The Kier molecular flexibility index (Phi) is 3.86. The number of nitrogens with zero attached hydrogens (tertiary/aromatic N) is 2. The standard InChI is InChI=1S/C21H22N4O2/c1-13-21(26)24-23-20-12-27-19-9-17(15-5-3-2-4-6-15)16(7-14-10-22-11-14)8-18(19)25(13)20/h2-6,8-9,13-14,22H,7,10-12H2,1H3,(H,24,26)/t13-/m0/s1. The predicted octanol–water partition coefficient (Wildman–Crippen LogP) is 2.15. The minimum absolute atomic E-state index is 0.0940. The molecule has 3 aliphatic rings. The molecule has 27 heavy (non-hydrogen) atoms. The van der Waals surface area contributed by atoms with Crippen molar-refractivity contribution in [2.75, 3.05) is 24.6 Å². The van der Waals surface area contributed by atoms with Gasteiger partial charge in [-0.05, 0) is 61.2 Å². The quantitative estimate of drug-likeness (QED) is 0.878. The molecule has 2 N–H and O–H groups in total. The SMILES string of the molecule is C[C@H]1C(=O)NN=C2COc3cc(-c4ccccc4)c(CC4CNC4)cc3N21. The number of benzene rings is 2. The van der Waals surface area contributed by atoms with Crippen molar-refractivity contribution in [1.82, 2.24) is 10.7 Å². The predicted molar refractivity (Wildman–Crippen MR) is 105 cm³/mol. The van der Waals surface area contributed by atoms with Crippen LogP contribution in [0.3, 0.4) is 0 Å². The van der Waals surface area contributed by atoms with Gasteiger partial charge in [-0.1, -0.05) is 30.3 Å². The van der Waals surface area contributed by atoms with Crippen LogP contribution in [0.15, 0.2) is 47.6 Å². The number of hydrazone groups is 1. The van der Waals surface area contributed by atoms with Crippen molar-refractivity contribution < 1.29 is 9.53 Å². The Balaban J connectivity index is 1.63. The molecule has 1 amide bonds. The smallest absolute Gasteiger partial charge is 0.262 e. The topological polar surface area (TPSA) is 66.0 Å². The Labute approximate surface area is 158 Å². The molecule has 1 saturated heterocycles. The Morgan fingerprint density at radius 2 is 2.04 bits per heavy atom. The minimum Gasteiger partial charge on any atom is -0.483 e. The second-order valence-electron chi connectivity index (χ2n) is 7.41. The van der Waals surface area contributed by atoms with Crippen LogP contribution in [0.2, 0.25) is 0 Å². The van der Waals surface area contributed by atoms with E-state index in [0.717, 1.165) is 36.8 Å². The fourth-order valence-electron chi connectivity index (χ4n) is 3.97. The van der Waals surface area contributed by atoms with Crippen LogP contribution in [0, 0.1) is 5.92 Å². The molecule has 6 heteroatoms. The molecule has 0 spiro atoms. The van der Waals surface area contributed by atoms with Crippen molar-refractivity contribution in [2.24, 2.45) is 11.0 Å². The van der Waals surface area contributed by atoms with E-state index in [1.54, 1.807) is 0 Å². The summed E-state index contributed by atoms with van der Waals surface area (Å²) in [5.41, 5.74) is 7.20. The van der Waals surface area contributed by atoms with E-state index in [1.165, 1.54) is 16.7 Å². The first-order chi connectivity index (χ1) is 13.2. The van der Waals surface area contributed by atoms with E-state index >= 15 is 0 Å². The molecule has 0 radical (unpaired) electrons. The first-order valence-corrected chi connectivity index (χ1v) is 9.42. The molecular weight excluding hydrogens is 340 g/mol. The van der Waals surface area contributed by atoms with Crippen LogP contribution in [0.4, 0.5) is 5.69 Å². The van der Waals surface area contributed by atoms with Crippen LogP contribution in [-0.2, 0) is 11.2 Å². The molecular formula is C21H22N4O2. The Morgan fingerprint density at radius 1 is 1.22 bits per heavy atom. The summed E-state index contributed by atoms with van der Waals surface area (Å²) in [4.78, 5) is 14.2. The van der Waals surface area contributed by atoms with Crippen molar-refractivity contribution >= 4 is 17.4 Å². The van der Waals surface area contributed by atoms with Gasteiger partial charge in [-0.2, -0.15) is 5.10 Å². The highest BCUT2D eigenvalue weighted by atomic mass is 16.5. The third-order valence-electron chi connectivity index (χ3n) is 5.60. The molecule has 0 unspecified atom stereocenters. The number of carbonyl (C=O) groups excluding carboxylic acids is 1. The summed E-state index contributed by atoms with van der Waals surface area (Å²) < 4.78 is 6.00. The van der Waals surface area contributed by atoms with E-state index < -0.39 is 0 Å². The van der Waals surface area contributed by atoms with E-state index in [1.807, 2.05) is 17.9 Å². The van der Waals surface area contributed by atoms with Gasteiger partial charge in [0.05, 0.1) is 5.69 Å². The zero-order valence-corrected chi connectivity index (χ0v) is 15.2. The molecule has 3 aliphatic heterocycles. The summed E-state index contributed by atoms with van der Waals surface area (Å²) in [5, 5.41) is 7.54. The van der Waals surface area contributed by atoms with E-state index in [4.69, 9.17) is 4.74 Å². The van der Waals surface area contributed by atoms with Gasteiger partial charge in [0.25, 0.3) is 5.91 Å². The maximum Gasteiger partial charge on any atom is 0.262 e. The van der Waals surface area contributed by atoms with Gasteiger partial charge < -0.3 is 15.0 Å². The molecule has 2 aromatic rings. The largest absolute Gasteiger partial charge is 0.483 e. The summed E-state index contributed by atoms with van der Waals surface area (Å²) in [7, 11) is 0. The molecule has 1 atom stereocenters. The van der Waals surface area contributed by atoms with Crippen molar-refractivity contribution in [1.29, 1.82) is 0 Å². The molecule has 0 bridgehead atoms. The van der Waals surface area contributed by atoms with Gasteiger partial charge in [0.1, 0.15) is 18.4 Å². The second kappa shape index (κ2) is 6.39. The third-order valence-corrected chi connectivity index (χ3v) is 5.60. The summed E-state index contributed by atoms with van der Waals surface area (Å²) in [5.74, 6) is 2.11. The average molecular weight is 362 g/mol. The number of rotatable bonds is 3. The zero-order valence-electron chi connectivity index (χ0n) is 15.2. The molecule has 0 aliphatic carbocycles. The van der Waals surface area contributed by atoms with Crippen LogP contribution < -0.4 is 20.4 Å². The zero-order chi connectivity index (χ0) is 18.4. The lowest BCUT2D eigenvalue weighted by molar-refractivity contribution is -0.122. The maximum atomic E-state index is 12.2. The Morgan fingerprint density at radius 3 is 2.78 bits per heavy atom. The van der Waals surface area contributed by atoms with Gasteiger partial charge in [-0.15, -0.1) is 0 Å². The highest BCUT2D eigenvalue weighted by Gasteiger charge is 2.36. The summed E-state index contributed by atoms with van der Waals surface area (Å²) >= 11 is 0. The number of fused-ring (bicyclic) bond motifs is 3. The molecule has 2 aromatic carbocycles. The van der Waals surface area contributed by atoms with Crippen LogP contribution in [-0.4, -0.2) is 37.5 Å². The lowest BCUT2D eigenvalue weighted by Gasteiger charge is -2.39. The normalized spacial score (nSPS) is 21.4. The molecule has 5 rings (SSSR count). The number of amides is 1. The summed E-state index contributed by atoms with van der Waals surface area (Å²) in [6, 6.07) is 14.4. The Hall–Kier alpha value is -2.86. The molecule has 0 aromatic heterocycles. The van der Waals surface area contributed by atoms with Crippen molar-refractivity contribution in [3.8, 4) is 16.9 Å². The number of nitrogens with one attached hydrogen (secondary N) is 2. The van der Waals surface area contributed by atoms with E-state index in [9.17, 15) is 4.79 Å². The summed E-state index contributed by atoms with van der Waals surface area (Å²) in [6.07, 6.45) is 1.01. The van der Waals surface area contributed by atoms with Crippen molar-refractivity contribution in [3.63, 3.8) is 0 Å². The van der Waals surface area contributed by atoms with Gasteiger partial charge in [0, 0.05) is 0 Å². The first-order valence-electron chi connectivity index (χ1n) is 9.42. The van der Waals surface area contributed by atoms with Crippen LogP contribution in [0.1, 0.15) is 12.5 Å². The molecule has 1 fully saturated rings. The molecule has 138 valence electrons. The van der Waals surface area contributed by atoms with E-state index in [0.29, 0.717) is 12.5 Å². The lowest BCUT2D eigenvalue weighted by atomic mass is 9.88. The number of amidine groups is 1. The fraction of sp³-hybridized carbons (Fsp3) is 0.333. The van der Waals surface area contributed by atoms with Crippen LogP contribution >= 0.6 is 0 Å². The number of carbonyl (C=O) groups is 1. The lowest BCUT2D eigenvalue weighted by Crippen LogP contribution is -2.55. The van der Waals surface area contributed by atoms with Crippen LogP contribution in [0.5, 0.6) is 5.75 Å². The Bertz CT molecular complexity index is 921. The number of hydrogen-bond acceptors (Lipinski definition) is 5. The minimum atomic E-state index is -0.305. The molecule has 6 nitrogen and oxygen atoms in total. The van der Waals surface area contributed by atoms with Gasteiger partial charge in [0.2, 0.25) is 0 Å². The van der Waals surface area contributed by atoms with Gasteiger partial charge >= 0.3 is 0 Å². The monoisotopic (exact) mass is 362 g/mol. The van der Waals surface area contributed by atoms with Gasteiger partial charge in [-0.25, -0.2) is 5.43 Å². The van der Waals surface area contributed by atoms with Gasteiger partial charge in [-0.3, -0.25) is 4.79 Å². The fourth-order valence-corrected chi connectivity index (χ4v) is 3.97. The third kappa shape index (κ3) is 2.77. The second-order valence-corrected chi connectivity index (χ2v) is 7.41. The number of hydrogen-bond donors (Lipinski definition) is 2. The van der Waals surface area contributed by atoms with Crippen molar-refractivity contribution in [2.45, 2.75) is 19.4 Å². The molecule has 0 saturated carbocycles. The summed E-state index contributed by atoms with van der Waals surface area (Å²) in [6.45, 7) is 4.37. The van der Waals surface area contributed by atoms with Crippen molar-refractivity contribution in [3.05, 3.63) is 48.0 Å². The number of ether oxygens (including phenoxy) is 1. The average Bonchev–Trinajstić information content (AvgIpc) is 2.67. The highest BCUT2D eigenvalue weighted by Crippen LogP contribution is 2.41. The first kappa shape index (κ1) is 16.3. The number of anilines is 1. The van der Waals surface area contributed by atoms with E-state index in [-0.39, 0.29) is 11.9 Å². The highest BCUT2D eigenvalue weighted by molar-refractivity contribution is 6.09. The maximum absolute atomic E-state index is 12.2. The van der Waals surface area contributed by atoms with Crippen LogP contribution in [0.25, 0.3) is 11.1 Å². The molecule has 3 heterocycles.